The van der Waals surface area contributed by atoms with Crippen molar-refractivity contribution < 1.29 is 4.79 Å². The average molecular weight is 314 g/mol. The minimum atomic E-state index is 0.0270. The van der Waals surface area contributed by atoms with E-state index in [-0.39, 0.29) is 5.91 Å². The summed E-state index contributed by atoms with van der Waals surface area (Å²) in [7, 11) is 0. The van der Waals surface area contributed by atoms with Crippen LogP contribution in [0.2, 0.25) is 0 Å². The molecule has 0 spiro atoms. The van der Waals surface area contributed by atoms with E-state index in [0.29, 0.717) is 19.0 Å². The number of carbonyl (C=O) groups excluding carboxylic acids is 1. The Hall–Kier alpha value is -2.44. The zero-order chi connectivity index (χ0) is 16.1. The molecule has 0 saturated carbocycles. The van der Waals surface area contributed by atoms with Crippen LogP contribution in [0.5, 0.6) is 0 Å². The Labute approximate surface area is 135 Å². The molecule has 23 heavy (non-hydrogen) atoms. The zero-order valence-corrected chi connectivity index (χ0v) is 13.4. The molecule has 1 fully saturated rings. The molecule has 1 aliphatic heterocycles. The number of nitrogens with one attached hydrogen (secondary N) is 1. The number of aryl methyl sites for hydroxylation is 1. The maximum absolute atomic E-state index is 12.1. The molecule has 2 aromatic rings. The van der Waals surface area contributed by atoms with Gasteiger partial charge in [-0.3, -0.25) is 4.79 Å². The third kappa shape index (κ3) is 4.06. The molecule has 1 amide bonds. The van der Waals surface area contributed by atoms with Gasteiger partial charge in [0, 0.05) is 44.4 Å². The Morgan fingerprint density at radius 1 is 1.30 bits per heavy atom. The number of amides is 1. The highest BCUT2D eigenvalue weighted by Gasteiger charge is 2.22. The van der Waals surface area contributed by atoms with Crippen molar-refractivity contribution in [2.75, 3.05) is 24.5 Å². The Morgan fingerprint density at radius 3 is 2.87 bits per heavy atom. The van der Waals surface area contributed by atoms with E-state index < -0.39 is 0 Å². The van der Waals surface area contributed by atoms with Crippen molar-refractivity contribution in [2.24, 2.45) is 5.92 Å². The molecule has 1 saturated heterocycles. The van der Waals surface area contributed by atoms with Gasteiger partial charge in [-0.2, -0.15) is 0 Å². The molecule has 122 valence electrons. The van der Waals surface area contributed by atoms with Crippen molar-refractivity contribution in [2.45, 2.75) is 26.3 Å². The highest BCUT2D eigenvalue weighted by molar-refractivity contribution is 5.75. The lowest BCUT2D eigenvalue weighted by Gasteiger charge is -2.32. The van der Waals surface area contributed by atoms with Gasteiger partial charge in [0.15, 0.2) is 0 Å². The summed E-state index contributed by atoms with van der Waals surface area (Å²) in [6.45, 7) is 4.77. The Balaban J connectivity index is 1.48. The summed E-state index contributed by atoms with van der Waals surface area (Å²) in [4.78, 5) is 27.0. The first kappa shape index (κ1) is 15.5. The van der Waals surface area contributed by atoms with Crippen LogP contribution >= 0.6 is 0 Å². The molecule has 1 aliphatic rings. The van der Waals surface area contributed by atoms with Crippen LogP contribution in [0, 0.1) is 12.8 Å². The number of anilines is 1. The summed E-state index contributed by atoms with van der Waals surface area (Å²) in [6.07, 6.45) is 9.28. The second-order valence-corrected chi connectivity index (χ2v) is 5.91. The Bertz CT molecular complexity index is 641. The normalized spacial score (nSPS) is 18.0. The number of rotatable bonds is 5. The van der Waals surface area contributed by atoms with Crippen molar-refractivity contribution in [1.82, 2.24) is 24.8 Å². The standard InChI is InChI=1S/C16H22N6O/c1-13-17-7-9-21(13)12-15(23)20-10-14-4-2-8-22(11-14)16-18-5-3-6-19-16/h3,5-7,9,14H,2,4,8,10-12H2,1H3,(H,20,23)/t14-/m0/s1. The third-order valence-corrected chi connectivity index (χ3v) is 4.18. The smallest absolute Gasteiger partial charge is 0.239 e. The predicted octanol–water partition coefficient (Wildman–Crippen LogP) is 1.01. The Morgan fingerprint density at radius 2 is 2.13 bits per heavy atom. The van der Waals surface area contributed by atoms with Gasteiger partial charge in [0.1, 0.15) is 12.4 Å². The number of hydrogen-bond acceptors (Lipinski definition) is 5. The number of hydrogen-bond donors (Lipinski definition) is 1. The summed E-state index contributed by atoms with van der Waals surface area (Å²) >= 11 is 0. The summed E-state index contributed by atoms with van der Waals surface area (Å²) < 4.78 is 1.85. The van der Waals surface area contributed by atoms with Crippen molar-refractivity contribution in [1.29, 1.82) is 0 Å². The molecule has 1 N–H and O–H groups in total. The lowest BCUT2D eigenvalue weighted by atomic mass is 9.98. The summed E-state index contributed by atoms with van der Waals surface area (Å²) in [6, 6.07) is 1.82. The number of carbonyl (C=O) groups is 1. The van der Waals surface area contributed by atoms with Gasteiger partial charge >= 0.3 is 0 Å². The topological polar surface area (TPSA) is 75.9 Å². The van der Waals surface area contributed by atoms with Crippen LogP contribution in [0.25, 0.3) is 0 Å². The van der Waals surface area contributed by atoms with Gasteiger partial charge in [-0.15, -0.1) is 0 Å². The van der Waals surface area contributed by atoms with Crippen molar-refractivity contribution in [3.05, 3.63) is 36.7 Å². The van der Waals surface area contributed by atoms with Gasteiger partial charge in [0.2, 0.25) is 11.9 Å². The molecule has 0 unspecified atom stereocenters. The molecule has 7 heteroatoms. The van der Waals surface area contributed by atoms with Crippen molar-refractivity contribution in [3.8, 4) is 0 Å². The zero-order valence-electron chi connectivity index (χ0n) is 13.4. The first-order chi connectivity index (χ1) is 11.2. The molecule has 7 nitrogen and oxygen atoms in total. The monoisotopic (exact) mass is 314 g/mol. The fraction of sp³-hybridized carbons (Fsp3) is 0.500. The van der Waals surface area contributed by atoms with E-state index in [1.54, 1.807) is 18.6 Å². The van der Waals surface area contributed by atoms with Crippen LogP contribution in [-0.2, 0) is 11.3 Å². The molecule has 0 bridgehead atoms. The quantitative estimate of drug-likeness (QED) is 0.891. The van der Waals surface area contributed by atoms with Crippen LogP contribution in [0.15, 0.2) is 30.9 Å². The second kappa shape index (κ2) is 7.21. The van der Waals surface area contributed by atoms with E-state index >= 15 is 0 Å². The molecular formula is C16H22N6O. The lowest BCUT2D eigenvalue weighted by molar-refractivity contribution is -0.121. The maximum atomic E-state index is 12.1. The molecule has 3 rings (SSSR count). The maximum Gasteiger partial charge on any atom is 0.239 e. The highest BCUT2D eigenvalue weighted by Crippen LogP contribution is 2.19. The number of imidazole rings is 1. The first-order valence-electron chi connectivity index (χ1n) is 7.99. The summed E-state index contributed by atoms with van der Waals surface area (Å²) in [5.41, 5.74) is 0. The van der Waals surface area contributed by atoms with Gasteiger partial charge < -0.3 is 14.8 Å². The van der Waals surface area contributed by atoms with Crippen LogP contribution < -0.4 is 10.2 Å². The van der Waals surface area contributed by atoms with Crippen molar-refractivity contribution >= 4 is 11.9 Å². The third-order valence-electron chi connectivity index (χ3n) is 4.18. The van der Waals surface area contributed by atoms with Crippen LogP contribution in [0.4, 0.5) is 5.95 Å². The van der Waals surface area contributed by atoms with Gasteiger partial charge in [-0.25, -0.2) is 15.0 Å². The molecule has 0 aromatic carbocycles. The average Bonchev–Trinajstić information content (AvgIpc) is 2.99. The fourth-order valence-electron chi connectivity index (χ4n) is 2.91. The van der Waals surface area contributed by atoms with Gasteiger partial charge in [0.25, 0.3) is 0 Å². The minimum absolute atomic E-state index is 0.0270. The predicted molar refractivity (Wildman–Crippen MR) is 86.9 cm³/mol. The van der Waals surface area contributed by atoms with Gasteiger partial charge in [-0.1, -0.05) is 0 Å². The van der Waals surface area contributed by atoms with Gasteiger partial charge in [0.05, 0.1) is 0 Å². The Kier molecular flexibility index (Phi) is 4.85. The van der Waals surface area contributed by atoms with Gasteiger partial charge in [-0.05, 0) is 31.7 Å². The summed E-state index contributed by atoms with van der Waals surface area (Å²) in [5, 5.41) is 3.03. The van der Waals surface area contributed by atoms with E-state index in [2.05, 4.69) is 25.2 Å². The summed E-state index contributed by atoms with van der Waals surface area (Å²) in [5.74, 6) is 2.09. The molecule has 3 heterocycles. The van der Waals surface area contributed by atoms with E-state index in [1.807, 2.05) is 23.8 Å². The number of aromatic nitrogens is 4. The van der Waals surface area contributed by atoms with Crippen molar-refractivity contribution in [3.63, 3.8) is 0 Å². The van der Waals surface area contributed by atoms with Crippen LogP contribution in [-0.4, -0.2) is 45.1 Å². The van der Waals surface area contributed by atoms with Crippen LogP contribution in [0.1, 0.15) is 18.7 Å². The van der Waals surface area contributed by atoms with E-state index in [9.17, 15) is 4.79 Å². The molecule has 0 aliphatic carbocycles. The second-order valence-electron chi connectivity index (χ2n) is 5.91. The molecule has 1 atom stereocenters. The van der Waals surface area contributed by atoms with Crippen LogP contribution in [0.3, 0.4) is 0 Å². The van der Waals surface area contributed by atoms with E-state index in [0.717, 1.165) is 37.7 Å². The molecule has 0 radical (unpaired) electrons. The fourth-order valence-corrected chi connectivity index (χ4v) is 2.91. The molecule has 2 aromatic heterocycles. The molecular weight excluding hydrogens is 292 g/mol. The number of nitrogens with zero attached hydrogens (tertiary/aromatic N) is 5. The largest absolute Gasteiger partial charge is 0.354 e. The lowest BCUT2D eigenvalue weighted by Crippen LogP contribution is -2.42. The van der Waals surface area contributed by atoms with E-state index in [4.69, 9.17) is 0 Å². The number of piperidine rings is 1. The highest BCUT2D eigenvalue weighted by atomic mass is 16.1. The van der Waals surface area contributed by atoms with E-state index in [1.165, 1.54) is 0 Å². The minimum Gasteiger partial charge on any atom is -0.354 e. The first-order valence-corrected chi connectivity index (χ1v) is 7.99. The SMILES string of the molecule is Cc1nccn1CC(=O)NC[C@@H]1CCCN(c2ncccn2)C1.